The Bertz CT molecular complexity index is 1080. The standard InChI is InChI=1S/C26H35FN4O5/c1-6-16(2)11-20(25(33)29-15-18-8-9-21(34-3)19(27)12-18)30-26(28)31-24(32)14-17-7-10-22(35-4)23(13-17)36-5/h7-10,12-13,16,20H,6,11,14-15H2,1-5H3,(H,29,33)(H3,28,30,31,32). The van der Waals surface area contributed by atoms with Gasteiger partial charge in [-0.05, 0) is 47.7 Å². The van der Waals surface area contributed by atoms with Crippen LogP contribution in [-0.4, -0.2) is 45.1 Å². The average molecular weight is 503 g/mol. The van der Waals surface area contributed by atoms with E-state index in [2.05, 4.69) is 15.6 Å². The van der Waals surface area contributed by atoms with Crippen molar-refractivity contribution in [2.75, 3.05) is 21.3 Å². The number of hydrogen-bond acceptors (Lipinski definition) is 6. The summed E-state index contributed by atoms with van der Waals surface area (Å²) in [6.45, 7) is 4.12. The summed E-state index contributed by atoms with van der Waals surface area (Å²) in [4.78, 5) is 29.7. The number of nitrogens with two attached hydrogens (primary N) is 1. The van der Waals surface area contributed by atoms with Crippen molar-refractivity contribution in [2.45, 2.75) is 45.7 Å². The van der Waals surface area contributed by atoms with Gasteiger partial charge in [0, 0.05) is 6.54 Å². The topological polar surface area (TPSA) is 124 Å². The van der Waals surface area contributed by atoms with E-state index in [0.717, 1.165) is 6.42 Å². The van der Waals surface area contributed by atoms with Gasteiger partial charge in [0.25, 0.3) is 0 Å². The molecule has 2 atom stereocenters. The molecule has 2 amide bonds. The minimum atomic E-state index is -0.815. The molecule has 2 rings (SSSR count). The first-order valence-electron chi connectivity index (χ1n) is 11.6. The maximum Gasteiger partial charge on any atom is 0.245 e. The van der Waals surface area contributed by atoms with Gasteiger partial charge in [-0.25, -0.2) is 9.38 Å². The number of amides is 2. The van der Waals surface area contributed by atoms with Gasteiger partial charge in [0.2, 0.25) is 11.8 Å². The number of rotatable bonds is 12. The van der Waals surface area contributed by atoms with Gasteiger partial charge in [0.1, 0.15) is 6.04 Å². The molecule has 0 saturated carbocycles. The molecule has 0 aliphatic rings. The molecule has 10 heteroatoms. The molecule has 2 aromatic rings. The Balaban J connectivity index is 2.06. The Morgan fingerprint density at radius 3 is 2.25 bits per heavy atom. The monoisotopic (exact) mass is 502 g/mol. The van der Waals surface area contributed by atoms with Gasteiger partial charge < -0.3 is 25.3 Å². The molecule has 0 aliphatic carbocycles. The number of halogens is 1. The third-order valence-electron chi connectivity index (χ3n) is 5.68. The summed E-state index contributed by atoms with van der Waals surface area (Å²) in [5.41, 5.74) is 7.24. The molecule has 0 bridgehead atoms. The van der Waals surface area contributed by atoms with E-state index < -0.39 is 11.9 Å². The maximum absolute atomic E-state index is 14.0. The highest BCUT2D eigenvalue weighted by Gasteiger charge is 2.21. The number of guanidine groups is 1. The molecule has 9 nitrogen and oxygen atoms in total. The van der Waals surface area contributed by atoms with Crippen LogP contribution >= 0.6 is 0 Å². The van der Waals surface area contributed by atoms with Gasteiger partial charge in [-0.15, -0.1) is 0 Å². The molecule has 2 unspecified atom stereocenters. The largest absolute Gasteiger partial charge is 0.494 e. The summed E-state index contributed by atoms with van der Waals surface area (Å²) in [7, 11) is 4.43. The zero-order chi connectivity index (χ0) is 26.7. The Morgan fingerprint density at radius 2 is 1.64 bits per heavy atom. The number of ether oxygens (including phenoxy) is 3. The number of carbonyl (C=O) groups is 2. The van der Waals surface area contributed by atoms with Crippen LogP contribution in [-0.2, 0) is 22.6 Å². The van der Waals surface area contributed by atoms with Crippen LogP contribution in [0.2, 0.25) is 0 Å². The number of nitrogens with zero attached hydrogens (tertiary/aromatic N) is 1. The van der Waals surface area contributed by atoms with Crippen LogP contribution in [0.3, 0.4) is 0 Å². The van der Waals surface area contributed by atoms with Crippen LogP contribution < -0.4 is 30.6 Å². The lowest BCUT2D eigenvalue weighted by Crippen LogP contribution is -2.41. The molecule has 4 N–H and O–H groups in total. The molecule has 0 spiro atoms. The van der Waals surface area contributed by atoms with Gasteiger partial charge in [0.15, 0.2) is 29.0 Å². The van der Waals surface area contributed by atoms with E-state index in [1.165, 1.54) is 33.5 Å². The third kappa shape index (κ3) is 8.44. The lowest BCUT2D eigenvalue weighted by atomic mass is 9.99. The second-order valence-corrected chi connectivity index (χ2v) is 8.38. The van der Waals surface area contributed by atoms with Crippen molar-refractivity contribution in [3.05, 3.63) is 53.3 Å². The van der Waals surface area contributed by atoms with Gasteiger partial charge >= 0.3 is 0 Å². The van der Waals surface area contributed by atoms with E-state index in [0.29, 0.717) is 29.0 Å². The van der Waals surface area contributed by atoms with Gasteiger partial charge in [-0.1, -0.05) is 32.4 Å². The minimum absolute atomic E-state index is 0.0296. The maximum atomic E-state index is 14.0. The summed E-state index contributed by atoms with van der Waals surface area (Å²) >= 11 is 0. The quantitative estimate of drug-likeness (QED) is 0.303. The summed E-state index contributed by atoms with van der Waals surface area (Å²) in [6, 6.07) is 8.80. The van der Waals surface area contributed by atoms with Crippen molar-refractivity contribution in [2.24, 2.45) is 16.6 Å². The number of methoxy groups -OCH3 is 3. The van der Waals surface area contributed by atoms with E-state index in [-0.39, 0.29) is 42.4 Å². The SMILES string of the molecule is CCC(C)CC(N=C(N)NC(=O)Cc1ccc(OC)c(OC)c1)C(=O)NCc1ccc(OC)c(F)c1. The Hall–Kier alpha value is -3.82. The van der Waals surface area contributed by atoms with Crippen molar-refractivity contribution >= 4 is 17.8 Å². The first-order chi connectivity index (χ1) is 17.2. The third-order valence-corrected chi connectivity index (χ3v) is 5.68. The van der Waals surface area contributed by atoms with Gasteiger partial charge in [-0.2, -0.15) is 0 Å². The average Bonchev–Trinajstić information content (AvgIpc) is 2.86. The molecule has 0 aliphatic heterocycles. The van der Waals surface area contributed by atoms with Gasteiger partial charge in [-0.3, -0.25) is 14.9 Å². The van der Waals surface area contributed by atoms with Crippen molar-refractivity contribution in [1.29, 1.82) is 0 Å². The lowest BCUT2D eigenvalue weighted by Gasteiger charge is -2.18. The van der Waals surface area contributed by atoms with Crippen molar-refractivity contribution in [1.82, 2.24) is 10.6 Å². The highest BCUT2D eigenvalue weighted by molar-refractivity contribution is 5.98. The van der Waals surface area contributed by atoms with E-state index in [9.17, 15) is 14.0 Å². The first kappa shape index (κ1) is 28.4. The Morgan fingerprint density at radius 1 is 1.00 bits per heavy atom. The van der Waals surface area contributed by atoms with Crippen LogP contribution in [0.1, 0.15) is 37.8 Å². The molecule has 0 saturated heterocycles. The van der Waals surface area contributed by atoms with Crippen LogP contribution in [0, 0.1) is 11.7 Å². The predicted molar refractivity (Wildman–Crippen MR) is 136 cm³/mol. The Labute approximate surface area is 211 Å². The van der Waals surface area contributed by atoms with Crippen molar-refractivity contribution in [3.8, 4) is 17.2 Å². The summed E-state index contributed by atoms with van der Waals surface area (Å²) in [5.74, 6) is -0.0487. The van der Waals surface area contributed by atoms with E-state index in [1.54, 1.807) is 24.3 Å². The number of benzene rings is 2. The minimum Gasteiger partial charge on any atom is -0.494 e. The second kappa shape index (κ2) is 13.9. The number of hydrogen-bond donors (Lipinski definition) is 3. The molecule has 0 aromatic heterocycles. The number of carbonyl (C=O) groups excluding carboxylic acids is 2. The second-order valence-electron chi connectivity index (χ2n) is 8.38. The molecular formula is C26H35FN4O5. The van der Waals surface area contributed by atoms with Gasteiger partial charge in [0.05, 0.1) is 27.8 Å². The number of nitrogens with one attached hydrogen (secondary N) is 2. The van der Waals surface area contributed by atoms with Crippen molar-refractivity contribution < 1.29 is 28.2 Å². The summed E-state index contributed by atoms with van der Waals surface area (Å²) in [6.07, 6.45) is 1.31. The van der Waals surface area contributed by atoms with E-state index in [4.69, 9.17) is 19.9 Å². The zero-order valence-corrected chi connectivity index (χ0v) is 21.4. The molecular weight excluding hydrogens is 467 g/mol. The fourth-order valence-corrected chi connectivity index (χ4v) is 3.46. The van der Waals surface area contributed by atoms with Crippen LogP contribution in [0.4, 0.5) is 4.39 Å². The fraction of sp³-hybridized carbons (Fsp3) is 0.423. The summed E-state index contributed by atoms with van der Waals surface area (Å²) < 4.78 is 29.3. The van der Waals surface area contributed by atoms with E-state index >= 15 is 0 Å². The lowest BCUT2D eigenvalue weighted by molar-refractivity contribution is -0.123. The molecule has 196 valence electrons. The van der Waals surface area contributed by atoms with Crippen LogP contribution in [0.15, 0.2) is 41.4 Å². The Kier molecular flexibility index (Phi) is 11.0. The predicted octanol–water partition coefficient (Wildman–Crippen LogP) is 2.95. The normalized spacial score (nSPS) is 12.9. The van der Waals surface area contributed by atoms with Crippen molar-refractivity contribution in [3.63, 3.8) is 0 Å². The first-order valence-corrected chi connectivity index (χ1v) is 11.6. The molecule has 0 fully saturated rings. The smallest absolute Gasteiger partial charge is 0.245 e. The van der Waals surface area contributed by atoms with Crippen LogP contribution in [0.5, 0.6) is 17.2 Å². The fourth-order valence-electron chi connectivity index (χ4n) is 3.46. The molecule has 36 heavy (non-hydrogen) atoms. The molecule has 2 aromatic carbocycles. The van der Waals surface area contributed by atoms with E-state index in [1.807, 2.05) is 13.8 Å². The number of aliphatic imine (C=N–C) groups is 1. The van der Waals surface area contributed by atoms with Crippen LogP contribution in [0.25, 0.3) is 0 Å². The summed E-state index contributed by atoms with van der Waals surface area (Å²) in [5, 5.41) is 5.31. The zero-order valence-electron chi connectivity index (χ0n) is 21.4. The highest BCUT2D eigenvalue weighted by Crippen LogP contribution is 2.27. The molecule has 0 radical (unpaired) electrons. The molecule has 0 heterocycles. The highest BCUT2D eigenvalue weighted by atomic mass is 19.1.